The summed E-state index contributed by atoms with van der Waals surface area (Å²) in [6, 6.07) is 0. The Morgan fingerprint density at radius 2 is 1.83 bits per heavy atom. The van der Waals surface area contributed by atoms with Crippen LogP contribution in [0.15, 0.2) is 0 Å². The van der Waals surface area contributed by atoms with Crippen molar-refractivity contribution in [3.05, 3.63) is 0 Å². The molecule has 0 unspecified atom stereocenters. The van der Waals surface area contributed by atoms with Gasteiger partial charge in [-0.1, -0.05) is 13.8 Å². The van der Waals surface area contributed by atoms with Crippen molar-refractivity contribution in [3.8, 4) is 0 Å². The number of likely N-dealkylation sites (tertiary alicyclic amines) is 1. The second-order valence-corrected chi connectivity index (χ2v) is 6.48. The molecule has 1 fully saturated rings. The molecule has 0 atom stereocenters. The standard InChI is InChI=1S/C14H25NO3/c1-10(2)6-7-12(16)11-8-15(9-11)13(17)18-14(3,4)5/h10-11H,6-9H2,1-5H3. The van der Waals surface area contributed by atoms with E-state index in [0.717, 1.165) is 6.42 Å². The number of hydrogen-bond acceptors (Lipinski definition) is 3. The third-order valence-corrected chi connectivity index (χ3v) is 2.96. The highest BCUT2D eigenvalue weighted by molar-refractivity contribution is 5.84. The molecule has 0 spiro atoms. The maximum absolute atomic E-state index is 11.8. The average Bonchev–Trinajstić information content (AvgIpc) is 2.08. The van der Waals surface area contributed by atoms with Gasteiger partial charge in [0.2, 0.25) is 0 Å². The van der Waals surface area contributed by atoms with E-state index < -0.39 is 5.60 Å². The van der Waals surface area contributed by atoms with E-state index in [2.05, 4.69) is 13.8 Å². The van der Waals surface area contributed by atoms with E-state index in [1.165, 1.54) is 0 Å². The monoisotopic (exact) mass is 255 g/mol. The summed E-state index contributed by atoms with van der Waals surface area (Å²) in [5, 5.41) is 0. The number of nitrogens with zero attached hydrogens (tertiary/aromatic N) is 1. The normalized spacial score (nSPS) is 16.7. The molecule has 0 N–H and O–H groups in total. The summed E-state index contributed by atoms with van der Waals surface area (Å²) in [4.78, 5) is 25.1. The molecule has 4 heteroatoms. The minimum Gasteiger partial charge on any atom is -0.444 e. The Bertz CT molecular complexity index is 311. The van der Waals surface area contributed by atoms with E-state index >= 15 is 0 Å². The molecule has 1 aliphatic heterocycles. The van der Waals surface area contributed by atoms with Gasteiger partial charge < -0.3 is 9.64 Å². The summed E-state index contributed by atoms with van der Waals surface area (Å²) in [6.07, 6.45) is 1.25. The Kier molecular flexibility index (Phi) is 4.77. The molecule has 104 valence electrons. The van der Waals surface area contributed by atoms with Crippen LogP contribution in [0.2, 0.25) is 0 Å². The van der Waals surface area contributed by atoms with E-state index in [1.807, 2.05) is 20.8 Å². The molecule has 4 nitrogen and oxygen atoms in total. The number of carbonyl (C=O) groups is 2. The van der Waals surface area contributed by atoms with Gasteiger partial charge in [-0.05, 0) is 33.1 Å². The van der Waals surface area contributed by atoms with Crippen molar-refractivity contribution in [1.82, 2.24) is 4.90 Å². The van der Waals surface area contributed by atoms with Crippen LogP contribution < -0.4 is 0 Å². The van der Waals surface area contributed by atoms with Gasteiger partial charge in [-0.25, -0.2) is 4.79 Å². The Balaban J connectivity index is 2.27. The summed E-state index contributed by atoms with van der Waals surface area (Å²) in [7, 11) is 0. The van der Waals surface area contributed by atoms with Crippen molar-refractivity contribution in [2.45, 2.75) is 53.1 Å². The van der Waals surface area contributed by atoms with Crippen LogP contribution in [0, 0.1) is 11.8 Å². The third-order valence-electron chi connectivity index (χ3n) is 2.96. The molecule has 18 heavy (non-hydrogen) atoms. The van der Waals surface area contributed by atoms with E-state index in [0.29, 0.717) is 25.4 Å². The number of ketones is 1. The topological polar surface area (TPSA) is 46.6 Å². The molecule has 1 heterocycles. The number of hydrogen-bond donors (Lipinski definition) is 0. The summed E-state index contributed by atoms with van der Waals surface area (Å²) < 4.78 is 5.24. The van der Waals surface area contributed by atoms with E-state index in [9.17, 15) is 9.59 Å². The first kappa shape index (κ1) is 15.0. The molecule has 0 radical (unpaired) electrons. The second-order valence-electron chi connectivity index (χ2n) is 6.48. The van der Waals surface area contributed by atoms with Gasteiger partial charge in [-0.3, -0.25) is 4.79 Å². The van der Waals surface area contributed by atoms with Gasteiger partial charge in [0, 0.05) is 19.5 Å². The molecule has 1 amide bonds. The van der Waals surface area contributed by atoms with Gasteiger partial charge in [-0.2, -0.15) is 0 Å². The number of Topliss-reactive ketones (excluding diaryl/α,β-unsaturated/α-hetero) is 1. The molecule has 0 aromatic heterocycles. The first-order valence-electron chi connectivity index (χ1n) is 6.69. The van der Waals surface area contributed by atoms with E-state index in [1.54, 1.807) is 4.90 Å². The lowest BCUT2D eigenvalue weighted by Crippen LogP contribution is -2.54. The van der Waals surface area contributed by atoms with Crippen LogP contribution in [-0.4, -0.2) is 35.5 Å². The molecule has 0 aliphatic carbocycles. The predicted octanol–water partition coefficient (Wildman–Crippen LogP) is 2.86. The third kappa shape index (κ3) is 4.67. The van der Waals surface area contributed by atoms with Crippen molar-refractivity contribution in [3.63, 3.8) is 0 Å². The van der Waals surface area contributed by atoms with Gasteiger partial charge in [0.25, 0.3) is 0 Å². The molecule has 0 bridgehead atoms. The van der Waals surface area contributed by atoms with E-state index in [-0.39, 0.29) is 17.8 Å². The molecular formula is C14H25NO3. The van der Waals surface area contributed by atoms with Gasteiger partial charge in [0.1, 0.15) is 11.4 Å². The number of carbonyl (C=O) groups excluding carboxylic acids is 2. The van der Waals surface area contributed by atoms with Gasteiger partial charge >= 0.3 is 6.09 Å². The van der Waals surface area contributed by atoms with Crippen LogP contribution in [0.1, 0.15) is 47.5 Å². The Hall–Kier alpha value is -1.06. The maximum atomic E-state index is 11.8. The van der Waals surface area contributed by atoms with Crippen LogP contribution in [0.25, 0.3) is 0 Å². The summed E-state index contributed by atoms with van der Waals surface area (Å²) >= 11 is 0. The largest absolute Gasteiger partial charge is 0.444 e. The SMILES string of the molecule is CC(C)CCC(=O)C1CN(C(=O)OC(C)(C)C)C1. The van der Waals surface area contributed by atoms with E-state index in [4.69, 9.17) is 4.74 Å². The summed E-state index contributed by atoms with van der Waals surface area (Å²) in [6.45, 7) is 10.8. The zero-order valence-corrected chi connectivity index (χ0v) is 12.2. The lowest BCUT2D eigenvalue weighted by Gasteiger charge is -2.39. The van der Waals surface area contributed by atoms with Gasteiger partial charge in [0.15, 0.2) is 0 Å². The Morgan fingerprint density at radius 1 is 1.28 bits per heavy atom. The molecule has 1 rings (SSSR count). The fourth-order valence-corrected chi connectivity index (χ4v) is 1.79. The maximum Gasteiger partial charge on any atom is 0.410 e. The highest BCUT2D eigenvalue weighted by Crippen LogP contribution is 2.22. The molecular weight excluding hydrogens is 230 g/mol. The Labute approximate surface area is 110 Å². The molecule has 1 saturated heterocycles. The van der Waals surface area contributed by atoms with Crippen LogP contribution in [-0.2, 0) is 9.53 Å². The fraction of sp³-hybridized carbons (Fsp3) is 0.857. The molecule has 0 saturated carbocycles. The van der Waals surface area contributed by atoms with Crippen molar-refractivity contribution < 1.29 is 14.3 Å². The van der Waals surface area contributed by atoms with Gasteiger partial charge in [-0.15, -0.1) is 0 Å². The minimum absolute atomic E-state index is 0.0243. The van der Waals surface area contributed by atoms with Crippen molar-refractivity contribution in [2.75, 3.05) is 13.1 Å². The quantitative estimate of drug-likeness (QED) is 0.776. The molecule has 1 aliphatic rings. The molecule has 0 aromatic carbocycles. The van der Waals surface area contributed by atoms with Crippen LogP contribution >= 0.6 is 0 Å². The van der Waals surface area contributed by atoms with Crippen molar-refractivity contribution in [2.24, 2.45) is 11.8 Å². The zero-order valence-electron chi connectivity index (χ0n) is 12.2. The number of amides is 1. The smallest absolute Gasteiger partial charge is 0.410 e. The van der Waals surface area contributed by atoms with Crippen molar-refractivity contribution >= 4 is 11.9 Å². The van der Waals surface area contributed by atoms with Crippen LogP contribution in [0.3, 0.4) is 0 Å². The lowest BCUT2D eigenvalue weighted by molar-refractivity contribution is -0.127. The minimum atomic E-state index is -0.468. The number of rotatable bonds is 4. The average molecular weight is 255 g/mol. The fourth-order valence-electron chi connectivity index (χ4n) is 1.79. The summed E-state index contributed by atoms with van der Waals surface area (Å²) in [5.74, 6) is 0.857. The predicted molar refractivity (Wildman–Crippen MR) is 70.4 cm³/mol. The highest BCUT2D eigenvalue weighted by atomic mass is 16.6. The highest BCUT2D eigenvalue weighted by Gasteiger charge is 2.37. The lowest BCUT2D eigenvalue weighted by atomic mass is 9.91. The molecule has 0 aromatic rings. The van der Waals surface area contributed by atoms with Crippen molar-refractivity contribution in [1.29, 1.82) is 0 Å². The van der Waals surface area contributed by atoms with Gasteiger partial charge in [0.05, 0.1) is 5.92 Å². The first-order valence-corrected chi connectivity index (χ1v) is 6.69. The first-order chi connectivity index (χ1) is 8.19. The van der Waals surface area contributed by atoms with Crippen LogP contribution in [0.5, 0.6) is 0 Å². The Morgan fingerprint density at radius 3 is 2.28 bits per heavy atom. The van der Waals surface area contributed by atoms with Crippen LogP contribution in [0.4, 0.5) is 4.79 Å². The zero-order chi connectivity index (χ0) is 13.9. The second kappa shape index (κ2) is 5.72. The number of ether oxygens (including phenoxy) is 1. The summed E-state index contributed by atoms with van der Waals surface area (Å²) in [5.41, 5.74) is -0.468.